The van der Waals surface area contributed by atoms with E-state index >= 15 is 0 Å². The summed E-state index contributed by atoms with van der Waals surface area (Å²) in [5.74, 6) is 0. The first kappa shape index (κ1) is 9.76. The zero-order valence-electron chi connectivity index (χ0n) is 7.36. The van der Waals surface area contributed by atoms with Gasteiger partial charge >= 0.3 is 6.18 Å². The summed E-state index contributed by atoms with van der Waals surface area (Å²) in [6.07, 6.45) is -3.76. The van der Waals surface area contributed by atoms with Gasteiger partial charge in [-0.1, -0.05) is 0 Å². The van der Waals surface area contributed by atoms with Crippen molar-refractivity contribution in [1.29, 1.82) is 0 Å². The van der Waals surface area contributed by atoms with Crippen LogP contribution in [0.25, 0.3) is 0 Å². The molecule has 80 valence electrons. The molecule has 0 aromatic carbocycles. The predicted molar refractivity (Wildman–Crippen MR) is 40.5 cm³/mol. The number of carbonyl (C=O) groups is 1. The lowest BCUT2D eigenvalue weighted by molar-refractivity contribution is -0.265. The van der Waals surface area contributed by atoms with Gasteiger partial charge in [-0.2, -0.15) is 13.2 Å². The van der Waals surface area contributed by atoms with Crippen LogP contribution in [-0.2, 0) is 9.53 Å². The van der Waals surface area contributed by atoms with Gasteiger partial charge in [0, 0.05) is 6.42 Å². The minimum Gasteiger partial charge on any atom is -0.363 e. The molecule has 2 fully saturated rings. The molecule has 1 heterocycles. The molecule has 2 unspecified atom stereocenters. The zero-order valence-corrected chi connectivity index (χ0v) is 7.36. The van der Waals surface area contributed by atoms with Crippen molar-refractivity contribution in [2.45, 2.75) is 36.6 Å². The van der Waals surface area contributed by atoms with Gasteiger partial charge in [0.2, 0.25) is 6.41 Å². The van der Waals surface area contributed by atoms with Crippen molar-refractivity contribution >= 4 is 6.41 Å². The van der Waals surface area contributed by atoms with Crippen molar-refractivity contribution < 1.29 is 22.7 Å². The van der Waals surface area contributed by atoms with E-state index in [1.54, 1.807) is 0 Å². The predicted octanol–water partition coefficient (Wildman–Crippen LogP) is 0.986. The zero-order chi connectivity index (χ0) is 10.4. The number of hydrogen-bond acceptors (Lipinski definition) is 2. The molecule has 6 heteroatoms. The lowest BCUT2D eigenvalue weighted by Crippen LogP contribution is -2.44. The molecule has 2 bridgehead atoms. The fourth-order valence-electron chi connectivity index (χ4n) is 2.30. The number of halogens is 3. The number of alkyl halides is 3. The summed E-state index contributed by atoms with van der Waals surface area (Å²) in [4.78, 5) is 10.2. The molecule has 1 saturated heterocycles. The number of ether oxygens (including phenoxy) is 1. The number of carbonyl (C=O) groups excluding carboxylic acids is 1. The molecule has 2 aliphatic rings. The second kappa shape index (κ2) is 2.62. The van der Waals surface area contributed by atoms with E-state index in [0.717, 1.165) is 0 Å². The maximum Gasteiger partial charge on any atom is 0.417 e. The highest BCUT2D eigenvalue weighted by Gasteiger charge is 2.68. The number of fused-ring (bicyclic) bond motifs is 2. The quantitative estimate of drug-likeness (QED) is 0.688. The van der Waals surface area contributed by atoms with Crippen LogP contribution in [-0.4, -0.2) is 30.3 Å². The average molecular weight is 209 g/mol. The number of nitrogens with one attached hydrogen (secondary N) is 1. The number of hydrogen-bond donors (Lipinski definition) is 1. The van der Waals surface area contributed by atoms with Crippen LogP contribution in [0.5, 0.6) is 0 Å². The summed E-state index contributed by atoms with van der Waals surface area (Å²) in [7, 11) is 0. The fourth-order valence-corrected chi connectivity index (χ4v) is 2.30. The van der Waals surface area contributed by atoms with Gasteiger partial charge in [0.05, 0.1) is 12.1 Å². The molecule has 0 spiro atoms. The third-order valence-corrected chi connectivity index (χ3v) is 3.14. The van der Waals surface area contributed by atoms with Crippen LogP contribution in [0.4, 0.5) is 13.2 Å². The van der Waals surface area contributed by atoms with Crippen molar-refractivity contribution in [3.63, 3.8) is 0 Å². The standard InChI is InChI=1S/C8H10F3NO2/c9-8(10,11)7-2-1-6(3-7,4-14-7)12-5-13/h5H,1-4H2,(H,12,13). The molecule has 1 aliphatic carbocycles. The molecule has 3 nitrogen and oxygen atoms in total. The van der Waals surface area contributed by atoms with Crippen LogP contribution in [0.3, 0.4) is 0 Å². The summed E-state index contributed by atoms with van der Waals surface area (Å²) in [5, 5.41) is 2.44. The minimum atomic E-state index is -4.34. The third kappa shape index (κ3) is 1.13. The van der Waals surface area contributed by atoms with E-state index in [9.17, 15) is 18.0 Å². The normalized spacial score (nSPS) is 41.4. The highest BCUT2D eigenvalue weighted by atomic mass is 19.4. The lowest BCUT2D eigenvalue weighted by atomic mass is 9.98. The van der Waals surface area contributed by atoms with E-state index < -0.39 is 17.3 Å². The van der Waals surface area contributed by atoms with Crippen LogP contribution in [0.1, 0.15) is 19.3 Å². The molecular weight excluding hydrogens is 199 g/mol. The number of amides is 1. The Hall–Kier alpha value is -0.780. The summed E-state index contributed by atoms with van der Waals surface area (Å²) in [6, 6.07) is 0. The first-order valence-electron chi connectivity index (χ1n) is 4.35. The Morgan fingerprint density at radius 3 is 2.43 bits per heavy atom. The van der Waals surface area contributed by atoms with Gasteiger partial charge < -0.3 is 10.1 Å². The Balaban J connectivity index is 2.20. The minimum absolute atomic E-state index is 0.0365. The molecular formula is C8H10F3NO2. The topological polar surface area (TPSA) is 38.3 Å². The maximum absolute atomic E-state index is 12.6. The van der Waals surface area contributed by atoms with Crippen LogP contribution >= 0.6 is 0 Å². The Morgan fingerprint density at radius 1 is 1.36 bits per heavy atom. The highest BCUT2D eigenvalue weighted by Crippen LogP contribution is 2.54. The van der Waals surface area contributed by atoms with E-state index in [1.807, 2.05) is 0 Å². The summed E-state index contributed by atoms with van der Waals surface area (Å²) in [5.41, 5.74) is -2.79. The monoisotopic (exact) mass is 209 g/mol. The van der Waals surface area contributed by atoms with E-state index in [-0.39, 0.29) is 19.4 Å². The maximum atomic E-state index is 12.6. The molecule has 2 rings (SSSR count). The summed E-state index contributed by atoms with van der Waals surface area (Å²) >= 11 is 0. The second-order valence-electron chi connectivity index (χ2n) is 4.00. The molecule has 0 aromatic heterocycles. The van der Waals surface area contributed by atoms with E-state index in [0.29, 0.717) is 12.8 Å². The fraction of sp³-hybridized carbons (Fsp3) is 0.875. The molecule has 1 amide bonds. The third-order valence-electron chi connectivity index (χ3n) is 3.14. The smallest absolute Gasteiger partial charge is 0.363 e. The van der Waals surface area contributed by atoms with E-state index in [1.165, 1.54) is 0 Å². The first-order chi connectivity index (χ1) is 6.43. The van der Waals surface area contributed by atoms with Gasteiger partial charge in [0.15, 0.2) is 5.60 Å². The Bertz CT molecular complexity index is 256. The molecule has 1 aliphatic heterocycles. The van der Waals surface area contributed by atoms with Gasteiger partial charge in [0.1, 0.15) is 0 Å². The van der Waals surface area contributed by atoms with Crippen LogP contribution < -0.4 is 5.32 Å². The average Bonchev–Trinajstić information content (AvgIpc) is 2.59. The van der Waals surface area contributed by atoms with Gasteiger partial charge in [-0.15, -0.1) is 0 Å². The molecule has 1 N–H and O–H groups in total. The Kier molecular flexibility index (Phi) is 1.83. The van der Waals surface area contributed by atoms with Crippen molar-refractivity contribution in [1.82, 2.24) is 5.32 Å². The van der Waals surface area contributed by atoms with Gasteiger partial charge in [-0.25, -0.2) is 0 Å². The molecule has 14 heavy (non-hydrogen) atoms. The van der Waals surface area contributed by atoms with Crippen molar-refractivity contribution in [2.75, 3.05) is 6.61 Å². The summed E-state index contributed by atoms with van der Waals surface area (Å²) in [6.45, 7) is -0.0365. The highest BCUT2D eigenvalue weighted by molar-refractivity contribution is 5.49. The second-order valence-corrected chi connectivity index (χ2v) is 4.00. The molecule has 0 aromatic rings. The number of rotatable bonds is 2. The van der Waals surface area contributed by atoms with Crippen molar-refractivity contribution in [2.24, 2.45) is 0 Å². The van der Waals surface area contributed by atoms with E-state index in [4.69, 9.17) is 4.74 Å². The van der Waals surface area contributed by atoms with Gasteiger partial charge in [0.25, 0.3) is 0 Å². The Morgan fingerprint density at radius 2 is 2.07 bits per heavy atom. The summed E-state index contributed by atoms with van der Waals surface area (Å²) < 4.78 is 42.6. The van der Waals surface area contributed by atoms with Crippen LogP contribution in [0, 0.1) is 0 Å². The van der Waals surface area contributed by atoms with Crippen LogP contribution in [0.15, 0.2) is 0 Å². The van der Waals surface area contributed by atoms with Gasteiger partial charge in [-0.05, 0) is 12.8 Å². The SMILES string of the molecule is O=CNC12CCC(C(F)(F)F)(C1)OC2. The first-order valence-corrected chi connectivity index (χ1v) is 4.35. The molecule has 1 saturated carbocycles. The Labute approximate surface area is 78.6 Å². The molecule has 0 radical (unpaired) electrons. The van der Waals surface area contributed by atoms with Gasteiger partial charge in [-0.3, -0.25) is 4.79 Å². The van der Waals surface area contributed by atoms with Crippen molar-refractivity contribution in [3.8, 4) is 0 Å². The van der Waals surface area contributed by atoms with Crippen LogP contribution in [0.2, 0.25) is 0 Å². The lowest BCUT2D eigenvalue weighted by Gasteiger charge is -2.29. The van der Waals surface area contributed by atoms with Crippen molar-refractivity contribution in [3.05, 3.63) is 0 Å². The largest absolute Gasteiger partial charge is 0.417 e. The molecule has 2 atom stereocenters. The van der Waals surface area contributed by atoms with E-state index in [2.05, 4.69) is 5.32 Å².